The van der Waals surface area contributed by atoms with Crippen LogP contribution in [0.1, 0.15) is 132 Å². The number of Topliss-reactive ketones (excluding diaryl/α,β-unsaturated/α-hetero) is 1. The van der Waals surface area contributed by atoms with E-state index in [1.807, 2.05) is 18.2 Å². The lowest BCUT2D eigenvalue weighted by Crippen LogP contribution is -2.62. The van der Waals surface area contributed by atoms with Crippen molar-refractivity contribution < 1.29 is 24.2 Å². The number of ketones is 1. The maximum absolute atomic E-state index is 13.9. The summed E-state index contributed by atoms with van der Waals surface area (Å²) < 4.78 is 6.15. The van der Waals surface area contributed by atoms with E-state index in [1.54, 1.807) is 13.8 Å². The molecule has 6 rings (SSSR count). The normalized spacial score (nSPS) is 36.4. The first-order valence-electron chi connectivity index (χ1n) is 19.5. The van der Waals surface area contributed by atoms with Crippen molar-refractivity contribution in [3.05, 3.63) is 46.0 Å². The summed E-state index contributed by atoms with van der Waals surface area (Å²) in [5.74, 6) is 1.36. The summed E-state index contributed by atoms with van der Waals surface area (Å²) in [4.78, 5) is 38.7. The van der Waals surface area contributed by atoms with E-state index in [0.29, 0.717) is 35.9 Å². The number of hydrogen-bond donors (Lipinski definition) is 2. The predicted molar refractivity (Wildman–Crippen MR) is 199 cm³/mol. The molecule has 7 heteroatoms. The number of fused-ring (bicyclic) bond motifs is 7. The third kappa shape index (κ3) is 6.20. The molecule has 0 aliphatic heterocycles. The molecule has 0 bridgehead atoms. The third-order valence-corrected chi connectivity index (χ3v) is 15.6. The second kappa shape index (κ2) is 13.3. The van der Waals surface area contributed by atoms with Gasteiger partial charge < -0.3 is 15.2 Å². The average Bonchev–Trinajstić information content (AvgIpc) is 3.33. The second-order valence-corrected chi connectivity index (χ2v) is 19.5. The molecular formula is C43H62ClNO5. The Morgan fingerprint density at radius 2 is 1.66 bits per heavy atom. The minimum absolute atomic E-state index is 0.0403. The van der Waals surface area contributed by atoms with Crippen LogP contribution in [0.15, 0.2) is 35.4 Å². The molecule has 8 atom stereocenters. The Morgan fingerprint density at radius 3 is 2.34 bits per heavy atom. The van der Waals surface area contributed by atoms with Crippen molar-refractivity contribution in [2.75, 3.05) is 6.54 Å². The number of carboxylic acids is 1. The maximum Gasteiger partial charge on any atom is 0.309 e. The van der Waals surface area contributed by atoms with Crippen molar-refractivity contribution in [1.29, 1.82) is 0 Å². The summed E-state index contributed by atoms with van der Waals surface area (Å²) in [6, 6.07) is 8.03. The van der Waals surface area contributed by atoms with Crippen molar-refractivity contribution in [3.63, 3.8) is 0 Å². The summed E-state index contributed by atoms with van der Waals surface area (Å²) in [5, 5.41) is 14.1. The van der Waals surface area contributed by atoms with Gasteiger partial charge in [-0.3, -0.25) is 14.4 Å². The first-order valence-corrected chi connectivity index (χ1v) is 19.9. The number of allylic oxidation sites excluding steroid dienone is 2. The molecule has 5 aliphatic carbocycles. The molecule has 276 valence electrons. The molecule has 0 saturated heterocycles. The molecular weight excluding hydrogens is 646 g/mol. The smallest absolute Gasteiger partial charge is 0.309 e. The lowest BCUT2D eigenvalue weighted by molar-refractivity contribution is -0.204. The molecule has 5 aliphatic rings. The molecule has 0 radical (unpaired) electrons. The Morgan fingerprint density at radius 1 is 0.980 bits per heavy atom. The number of carbonyl (C=O) groups excluding carboxylic acids is 2. The van der Waals surface area contributed by atoms with Gasteiger partial charge in [-0.05, 0) is 136 Å². The lowest BCUT2D eigenvalue weighted by atomic mass is 9.37. The molecule has 2 N–H and O–H groups in total. The van der Waals surface area contributed by atoms with E-state index < -0.39 is 17.4 Å². The molecule has 2 unspecified atom stereocenters. The number of carbonyl (C=O) groups is 3. The molecule has 4 saturated carbocycles. The number of aliphatic carboxylic acids is 1. The first kappa shape index (κ1) is 37.6. The number of carboxylic acid groups (broad SMARTS) is 1. The average molecular weight is 708 g/mol. The SMILES string of the molecule is CC(C)C1=C2[C@H]3CCC4[C@@H](CCC5C(C)(C)[C@@H](OC(=O)CC(C)(C)C(=O)O)CC[C@]45C)[C@]3(C)CC[C@@]2(CCNCc2ccccc2Cl)CC1=O. The highest BCUT2D eigenvalue weighted by Crippen LogP contribution is 2.73. The van der Waals surface area contributed by atoms with Gasteiger partial charge in [-0.15, -0.1) is 0 Å². The molecule has 0 heterocycles. The van der Waals surface area contributed by atoms with Crippen LogP contribution in [0.4, 0.5) is 0 Å². The Balaban J connectivity index is 1.21. The van der Waals surface area contributed by atoms with Gasteiger partial charge in [0.25, 0.3) is 0 Å². The van der Waals surface area contributed by atoms with Gasteiger partial charge in [-0.2, -0.15) is 0 Å². The fraction of sp³-hybridized carbons (Fsp3) is 0.744. The highest BCUT2D eigenvalue weighted by Gasteiger charge is 2.66. The number of ether oxygens (including phenoxy) is 1. The van der Waals surface area contributed by atoms with Gasteiger partial charge in [0.05, 0.1) is 11.8 Å². The topological polar surface area (TPSA) is 92.7 Å². The monoisotopic (exact) mass is 707 g/mol. The minimum Gasteiger partial charge on any atom is -0.481 e. The highest BCUT2D eigenvalue weighted by molar-refractivity contribution is 6.31. The summed E-state index contributed by atoms with van der Waals surface area (Å²) in [7, 11) is 0. The van der Waals surface area contributed by atoms with E-state index in [0.717, 1.165) is 67.8 Å². The number of hydrogen-bond acceptors (Lipinski definition) is 5. The first-order chi connectivity index (χ1) is 23.4. The largest absolute Gasteiger partial charge is 0.481 e. The van der Waals surface area contributed by atoms with Crippen LogP contribution in [0.25, 0.3) is 0 Å². The van der Waals surface area contributed by atoms with Gasteiger partial charge in [0.2, 0.25) is 0 Å². The van der Waals surface area contributed by atoms with Crippen molar-refractivity contribution in [3.8, 4) is 0 Å². The van der Waals surface area contributed by atoms with Crippen LogP contribution in [-0.2, 0) is 25.7 Å². The summed E-state index contributed by atoms with van der Waals surface area (Å²) in [5.41, 5.74) is 2.75. The zero-order chi connectivity index (χ0) is 36.4. The number of halogens is 1. The minimum atomic E-state index is -1.14. The van der Waals surface area contributed by atoms with E-state index in [9.17, 15) is 19.5 Å². The van der Waals surface area contributed by atoms with Crippen LogP contribution < -0.4 is 5.32 Å². The van der Waals surface area contributed by atoms with Gasteiger partial charge >= 0.3 is 11.9 Å². The molecule has 1 aromatic carbocycles. The summed E-state index contributed by atoms with van der Waals surface area (Å²) in [6.07, 6.45) is 10.1. The highest BCUT2D eigenvalue weighted by atomic mass is 35.5. The molecule has 6 nitrogen and oxygen atoms in total. The van der Waals surface area contributed by atoms with E-state index in [2.05, 4.69) is 52.9 Å². The van der Waals surface area contributed by atoms with Crippen molar-refractivity contribution in [2.45, 2.75) is 139 Å². The number of rotatable bonds is 10. The predicted octanol–water partition coefficient (Wildman–Crippen LogP) is 9.82. The Labute approximate surface area is 305 Å². The molecule has 50 heavy (non-hydrogen) atoms. The van der Waals surface area contributed by atoms with Crippen LogP contribution in [0.5, 0.6) is 0 Å². The summed E-state index contributed by atoms with van der Waals surface area (Å²) in [6.45, 7) is 19.0. The summed E-state index contributed by atoms with van der Waals surface area (Å²) >= 11 is 6.46. The van der Waals surface area contributed by atoms with Gasteiger partial charge in [0.15, 0.2) is 5.78 Å². The molecule has 0 spiro atoms. The van der Waals surface area contributed by atoms with E-state index >= 15 is 0 Å². The number of nitrogens with one attached hydrogen (secondary N) is 1. The van der Waals surface area contributed by atoms with Crippen molar-refractivity contribution >= 4 is 29.3 Å². The zero-order valence-electron chi connectivity index (χ0n) is 31.9. The lowest BCUT2D eigenvalue weighted by Gasteiger charge is -2.68. The standard InChI is InChI=1S/C43H62ClNO5/c1-26(2)36-32(46)23-43(21-22-45-25-27-11-9-10-12-31(27)44)20-19-41(7)28-15-16-33-40(5,6)34(50-35(47)24-39(3,4)38(48)49)17-18-42(33,8)29(28)13-14-30(41)37(36)43/h9-12,26,28-30,33-34,45H,13-25H2,1-8H3,(H,48,49)/t28-,29?,30-,33?,34+,41+,42-,43-/m1/s1. The van der Waals surface area contributed by atoms with Gasteiger partial charge in [-0.1, -0.05) is 76.9 Å². The van der Waals surface area contributed by atoms with Crippen LogP contribution in [0, 0.1) is 56.7 Å². The van der Waals surface area contributed by atoms with Crippen LogP contribution >= 0.6 is 11.6 Å². The van der Waals surface area contributed by atoms with Gasteiger partial charge in [0, 0.05) is 28.8 Å². The molecule has 4 fully saturated rings. The quantitative estimate of drug-likeness (QED) is 0.186. The maximum atomic E-state index is 13.9. The second-order valence-electron chi connectivity index (χ2n) is 19.1. The number of esters is 1. The Kier molecular flexibility index (Phi) is 10.0. The molecule has 1 aromatic rings. The van der Waals surface area contributed by atoms with Crippen LogP contribution in [0.2, 0.25) is 5.02 Å². The van der Waals surface area contributed by atoms with E-state index in [1.165, 1.54) is 24.8 Å². The third-order valence-electron chi connectivity index (χ3n) is 15.2. The Bertz CT molecular complexity index is 1540. The van der Waals surface area contributed by atoms with Crippen molar-refractivity contribution in [2.24, 2.45) is 56.7 Å². The van der Waals surface area contributed by atoms with Crippen LogP contribution in [0.3, 0.4) is 0 Å². The van der Waals surface area contributed by atoms with Gasteiger partial charge in [0.1, 0.15) is 6.10 Å². The van der Waals surface area contributed by atoms with Crippen molar-refractivity contribution in [1.82, 2.24) is 5.32 Å². The fourth-order valence-corrected chi connectivity index (χ4v) is 12.7. The molecule has 0 amide bonds. The Hall–Kier alpha value is -2.18. The zero-order valence-corrected chi connectivity index (χ0v) is 32.7. The van der Waals surface area contributed by atoms with E-state index in [-0.39, 0.29) is 40.1 Å². The molecule has 0 aromatic heterocycles. The van der Waals surface area contributed by atoms with E-state index in [4.69, 9.17) is 16.3 Å². The van der Waals surface area contributed by atoms with Crippen LogP contribution in [-0.4, -0.2) is 35.5 Å². The number of benzene rings is 1. The fourth-order valence-electron chi connectivity index (χ4n) is 12.5. The van der Waals surface area contributed by atoms with Gasteiger partial charge in [-0.25, -0.2) is 0 Å².